The fourth-order valence-corrected chi connectivity index (χ4v) is 4.48. The molecule has 0 saturated carbocycles. The molecule has 2 aromatic rings. The first-order valence-electron chi connectivity index (χ1n) is 7.55. The summed E-state index contributed by atoms with van der Waals surface area (Å²) in [5.74, 6) is -0.833. The highest BCUT2D eigenvalue weighted by molar-refractivity contribution is 7.92. The molecule has 1 aliphatic rings. The summed E-state index contributed by atoms with van der Waals surface area (Å²) in [5, 5.41) is -0.469. The minimum Gasteiger partial charge on any atom is -0.336 e. The zero-order valence-corrected chi connectivity index (χ0v) is 14.8. The number of hydrogen-bond donors (Lipinski definition) is 0. The summed E-state index contributed by atoms with van der Waals surface area (Å²) >= 11 is 5.73. The molecular weight excluding hydrogens is 391 g/mol. The van der Waals surface area contributed by atoms with Crippen molar-refractivity contribution in [1.82, 2.24) is 4.90 Å². The van der Waals surface area contributed by atoms with Crippen molar-refractivity contribution in [2.24, 2.45) is 0 Å². The van der Waals surface area contributed by atoms with Crippen LogP contribution in [-0.4, -0.2) is 37.6 Å². The van der Waals surface area contributed by atoms with Gasteiger partial charge in [0.05, 0.1) is 16.0 Å². The number of sulfone groups is 1. The van der Waals surface area contributed by atoms with Crippen LogP contribution in [0, 0.1) is 0 Å². The Kier molecular flexibility index (Phi) is 4.74. The van der Waals surface area contributed by atoms with E-state index in [4.69, 9.17) is 11.6 Å². The standard InChI is InChI=1S/C17H13ClF3NO3S/c18-11-5-7-12(8-6-11)26(24,25)13-9-22(10-13)16(23)14-3-1-2-4-15(14)17(19,20)21/h1-8,13H,9-10H2. The maximum Gasteiger partial charge on any atom is 0.417 e. The first-order valence-corrected chi connectivity index (χ1v) is 9.48. The van der Waals surface area contributed by atoms with Crippen molar-refractivity contribution >= 4 is 27.3 Å². The molecule has 0 radical (unpaired) electrons. The van der Waals surface area contributed by atoms with E-state index in [0.29, 0.717) is 5.02 Å². The SMILES string of the molecule is O=C(c1ccccc1C(F)(F)F)N1CC(S(=O)(=O)c2ccc(Cl)cc2)C1. The molecule has 4 nitrogen and oxygen atoms in total. The molecule has 0 spiro atoms. The number of alkyl halides is 3. The molecule has 1 heterocycles. The predicted octanol–water partition coefficient (Wildman–Crippen LogP) is 3.66. The van der Waals surface area contributed by atoms with Gasteiger partial charge in [0.15, 0.2) is 9.84 Å². The van der Waals surface area contributed by atoms with Crippen LogP contribution in [0.4, 0.5) is 13.2 Å². The van der Waals surface area contributed by atoms with Crippen molar-refractivity contribution in [2.45, 2.75) is 16.3 Å². The molecule has 138 valence electrons. The monoisotopic (exact) mass is 403 g/mol. The summed E-state index contributed by atoms with van der Waals surface area (Å²) in [6.07, 6.45) is -4.66. The molecule has 3 rings (SSSR count). The van der Waals surface area contributed by atoms with Gasteiger partial charge in [0.2, 0.25) is 0 Å². The number of benzene rings is 2. The molecule has 0 atom stereocenters. The van der Waals surface area contributed by atoms with Crippen LogP contribution in [0.15, 0.2) is 53.4 Å². The molecule has 1 fully saturated rings. The number of rotatable bonds is 3. The number of likely N-dealkylation sites (tertiary alicyclic amines) is 1. The number of nitrogens with zero attached hydrogens (tertiary/aromatic N) is 1. The predicted molar refractivity (Wildman–Crippen MR) is 89.8 cm³/mol. The fraction of sp³-hybridized carbons (Fsp3) is 0.235. The minimum absolute atomic E-state index is 0.0645. The van der Waals surface area contributed by atoms with E-state index in [1.54, 1.807) is 0 Å². The molecule has 1 saturated heterocycles. The van der Waals surface area contributed by atoms with Crippen LogP contribution >= 0.6 is 11.6 Å². The number of carbonyl (C=O) groups is 1. The van der Waals surface area contributed by atoms with Crippen molar-refractivity contribution < 1.29 is 26.4 Å². The zero-order chi connectivity index (χ0) is 19.1. The van der Waals surface area contributed by atoms with Gasteiger partial charge in [-0.05, 0) is 36.4 Å². The molecule has 2 aromatic carbocycles. The van der Waals surface area contributed by atoms with E-state index in [9.17, 15) is 26.4 Å². The van der Waals surface area contributed by atoms with Crippen molar-refractivity contribution in [1.29, 1.82) is 0 Å². The molecule has 0 unspecified atom stereocenters. The van der Waals surface area contributed by atoms with Gasteiger partial charge < -0.3 is 4.90 Å². The van der Waals surface area contributed by atoms with Crippen LogP contribution in [-0.2, 0) is 16.0 Å². The lowest BCUT2D eigenvalue weighted by Crippen LogP contribution is -2.57. The molecule has 1 amide bonds. The lowest BCUT2D eigenvalue weighted by Gasteiger charge is -2.39. The van der Waals surface area contributed by atoms with E-state index >= 15 is 0 Å². The fourth-order valence-electron chi connectivity index (χ4n) is 2.70. The zero-order valence-electron chi connectivity index (χ0n) is 13.2. The lowest BCUT2D eigenvalue weighted by atomic mass is 10.0. The number of carbonyl (C=O) groups excluding carboxylic acids is 1. The van der Waals surface area contributed by atoms with Crippen LogP contribution < -0.4 is 0 Å². The molecule has 0 aromatic heterocycles. The third-order valence-electron chi connectivity index (χ3n) is 4.18. The molecular formula is C17H13ClF3NO3S. The van der Waals surface area contributed by atoms with Gasteiger partial charge in [-0.25, -0.2) is 8.42 Å². The van der Waals surface area contributed by atoms with Gasteiger partial charge in [-0.15, -0.1) is 0 Å². The van der Waals surface area contributed by atoms with Crippen molar-refractivity contribution in [3.05, 3.63) is 64.7 Å². The first kappa shape index (κ1) is 18.7. The summed E-state index contributed by atoms with van der Waals surface area (Å²) in [4.78, 5) is 13.5. The molecule has 9 heteroatoms. The lowest BCUT2D eigenvalue weighted by molar-refractivity contribution is -0.138. The van der Waals surface area contributed by atoms with Crippen molar-refractivity contribution in [3.8, 4) is 0 Å². The van der Waals surface area contributed by atoms with Gasteiger partial charge in [-0.1, -0.05) is 23.7 Å². The molecule has 0 bridgehead atoms. The molecule has 0 aliphatic carbocycles. The first-order chi connectivity index (χ1) is 12.1. The normalized spacial score (nSPS) is 15.6. The highest BCUT2D eigenvalue weighted by Gasteiger charge is 2.43. The number of halogens is 4. The Balaban J connectivity index is 1.76. The maximum absolute atomic E-state index is 13.0. The Labute approximate surface area is 153 Å². The quantitative estimate of drug-likeness (QED) is 0.786. The Morgan fingerprint density at radius 1 is 1.04 bits per heavy atom. The van der Waals surface area contributed by atoms with Crippen LogP contribution in [0.1, 0.15) is 15.9 Å². The van der Waals surface area contributed by atoms with Gasteiger partial charge in [0.25, 0.3) is 5.91 Å². The van der Waals surface area contributed by atoms with Crippen molar-refractivity contribution in [2.75, 3.05) is 13.1 Å². The second-order valence-electron chi connectivity index (χ2n) is 5.87. The average molecular weight is 404 g/mol. The van der Waals surface area contributed by atoms with Crippen LogP contribution in [0.3, 0.4) is 0 Å². The Morgan fingerprint density at radius 2 is 1.62 bits per heavy atom. The Morgan fingerprint density at radius 3 is 2.19 bits per heavy atom. The topological polar surface area (TPSA) is 54.5 Å². The minimum atomic E-state index is -4.66. The second-order valence-corrected chi connectivity index (χ2v) is 8.54. The third-order valence-corrected chi connectivity index (χ3v) is 6.54. The average Bonchev–Trinajstić information content (AvgIpc) is 2.52. The van der Waals surface area contributed by atoms with Gasteiger partial charge in [-0.3, -0.25) is 4.79 Å². The maximum atomic E-state index is 13.0. The largest absolute Gasteiger partial charge is 0.417 e. The second kappa shape index (κ2) is 6.59. The Hall–Kier alpha value is -2.06. The van der Waals surface area contributed by atoms with Gasteiger partial charge in [0.1, 0.15) is 5.25 Å². The summed E-state index contributed by atoms with van der Waals surface area (Å²) < 4.78 is 64.1. The summed E-state index contributed by atoms with van der Waals surface area (Å²) in [6, 6.07) is 10.1. The summed E-state index contributed by atoms with van der Waals surface area (Å²) in [5.41, 5.74) is -1.52. The molecule has 26 heavy (non-hydrogen) atoms. The van der Waals surface area contributed by atoms with E-state index in [-0.39, 0.29) is 18.0 Å². The van der Waals surface area contributed by atoms with Gasteiger partial charge >= 0.3 is 6.18 Å². The Bertz CT molecular complexity index is 936. The van der Waals surface area contributed by atoms with Crippen LogP contribution in [0.2, 0.25) is 5.02 Å². The third kappa shape index (κ3) is 3.43. The molecule has 1 aliphatic heterocycles. The van der Waals surface area contributed by atoms with Crippen molar-refractivity contribution in [3.63, 3.8) is 0 Å². The smallest absolute Gasteiger partial charge is 0.336 e. The van der Waals surface area contributed by atoms with Gasteiger partial charge in [0, 0.05) is 18.1 Å². The highest BCUT2D eigenvalue weighted by atomic mass is 35.5. The highest BCUT2D eigenvalue weighted by Crippen LogP contribution is 2.33. The van der Waals surface area contributed by atoms with Gasteiger partial charge in [-0.2, -0.15) is 13.2 Å². The number of hydrogen-bond acceptors (Lipinski definition) is 3. The van der Waals surface area contributed by atoms with E-state index in [1.165, 1.54) is 36.4 Å². The van der Waals surface area contributed by atoms with Crippen LogP contribution in [0.25, 0.3) is 0 Å². The van der Waals surface area contributed by atoms with Crippen LogP contribution in [0.5, 0.6) is 0 Å². The van der Waals surface area contributed by atoms with E-state index in [2.05, 4.69) is 0 Å². The molecule has 0 N–H and O–H groups in total. The van der Waals surface area contributed by atoms with E-state index < -0.39 is 38.3 Å². The summed E-state index contributed by atoms with van der Waals surface area (Å²) in [7, 11) is -3.68. The summed E-state index contributed by atoms with van der Waals surface area (Å²) in [6.45, 7) is -0.314. The number of amides is 1. The van der Waals surface area contributed by atoms with E-state index in [0.717, 1.165) is 17.0 Å². The van der Waals surface area contributed by atoms with E-state index in [1.807, 2.05) is 0 Å².